The van der Waals surface area contributed by atoms with Gasteiger partial charge in [-0.1, -0.05) is 29.8 Å². The van der Waals surface area contributed by atoms with E-state index in [1.807, 2.05) is 31.3 Å². The fourth-order valence-electron chi connectivity index (χ4n) is 2.32. The van der Waals surface area contributed by atoms with E-state index in [1.54, 1.807) is 12.1 Å². The number of aromatic nitrogens is 2. The zero-order valence-electron chi connectivity index (χ0n) is 11.6. The monoisotopic (exact) mass is 303 g/mol. The molecule has 0 atom stereocenters. The molecule has 108 valence electrons. The van der Waals surface area contributed by atoms with Gasteiger partial charge in [-0.25, -0.2) is 9.37 Å². The maximum atomic E-state index is 13.1. The molecule has 0 aliphatic heterocycles. The van der Waals surface area contributed by atoms with Crippen LogP contribution < -0.4 is 5.32 Å². The molecule has 0 radical (unpaired) electrons. The van der Waals surface area contributed by atoms with Crippen molar-refractivity contribution in [3.8, 4) is 0 Å². The fourth-order valence-corrected chi connectivity index (χ4v) is 2.52. The molecule has 0 spiro atoms. The van der Waals surface area contributed by atoms with Crippen LogP contribution in [0.5, 0.6) is 0 Å². The number of halogens is 2. The van der Waals surface area contributed by atoms with Crippen LogP contribution in [0, 0.1) is 5.82 Å². The van der Waals surface area contributed by atoms with Gasteiger partial charge in [-0.05, 0) is 29.8 Å². The van der Waals surface area contributed by atoms with Gasteiger partial charge in [0.2, 0.25) is 0 Å². The third kappa shape index (κ3) is 2.91. The molecule has 3 nitrogen and oxygen atoms in total. The van der Waals surface area contributed by atoms with Crippen LogP contribution in [-0.2, 0) is 20.1 Å². The van der Waals surface area contributed by atoms with Gasteiger partial charge in [-0.3, -0.25) is 0 Å². The second-order valence-electron chi connectivity index (χ2n) is 4.93. The van der Waals surface area contributed by atoms with Crippen LogP contribution in [0.4, 0.5) is 4.39 Å². The van der Waals surface area contributed by atoms with Crippen molar-refractivity contribution in [3.05, 3.63) is 64.7 Å². The van der Waals surface area contributed by atoms with Crippen LogP contribution in [0.1, 0.15) is 11.4 Å². The summed E-state index contributed by atoms with van der Waals surface area (Å²) in [5, 5.41) is 3.45. The summed E-state index contributed by atoms with van der Waals surface area (Å²) < 4.78 is 15.2. The Balaban J connectivity index is 1.69. The van der Waals surface area contributed by atoms with Crippen molar-refractivity contribution in [1.29, 1.82) is 0 Å². The Morgan fingerprint density at radius 2 is 2.00 bits per heavy atom. The first-order valence-electron chi connectivity index (χ1n) is 6.70. The number of aryl methyl sites for hydroxylation is 1. The van der Waals surface area contributed by atoms with Gasteiger partial charge < -0.3 is 9.88 Å². The quantitative estimate of drug-likeness (QED) is 0.797. The van der Waals surface area contributed by atoms with E-state index in [0.717, 1.165) is 22.4 Å². The van der Waals surface area contributed by atoms with E-state index in [-0.39, 0.29) is 5.02 Å². The van der Waals surface area contributed by atoms with E-state index >= 15 is 0 Å². The Morgan fingerprint density at radius 3 is 2.76 bits per heavy atom. The Kier molecular flexibility index (Phi) is 3.90. The molecule has 3 rings (SSSR count). The molecule has 0 saturated heterocycles. The zero-order valence-corrected chi connectivity index (χ0v) is 12.4. The molecule has 0 bridgehead atoms. The number of rotatable bonds is 4. The van der Waals surface area contributed by atoms with E-state index in [0.29, 0.717) is 13.1 Å². The molecule has 2 aromatic carbocycles. The van der Waals surface area contributed by atoms with E-state index in [9.17, 15) is 4.39 Å². The molecule has 0 aliphatic rings. The van der Waals surface area contributed by atoms with Crippen molar-refractivity contribution in [2.75, 3.05) is 0 Å². The molecular weight excluding hydrogens is 289 g/mol. The SMILES string of the molecule is Cn1c(CNCc2ccc(F)c(Cl)c2)nc2ccccc21. The Bertz CT molecular complexity index is 782. The van der Waals surface area contributed by atoms with Crippen molar-refractivity contribution >= 4 is 22.6 Å². The van der Waals surface area contributed by atoms with E-state index in [4.69, 9.17) is 11.6 Å². The molecule has 0 unspecified atom stereocenters. The van der Waals surface area contributed by atoms with Gasteiger partial charge in [0.05, 0.1) is 22.6 Å². The molecule has 1 N–H and O–H groups in total. The standard InChI is InChI=1S/C16H15ClFN3/c1-21-15-5-3-2-4-14(15)20-16(21)10-19-9-11-6-7-13(18)12(17)8-11/h2-8,19H,9-10H2,1H3. The summed E-state index contributed by atoms with van der Waals surface area (Å²) in [7, 11) is 2.00. The van der Waals surface area contributed by atoms with Gasteiger partial charge in [-0.2, -0.15) is 0 Å². The largest absolute Gasteiger partial charge is 0.330 e. The predicted molar refractivity (Wildman–Crippen MR) is 82.7 cm³/mol. The third-order valence-corrected chi connectivity index (χ3v) is 3.77. The summed E-state index contributed by atoms with van der Waals surface area (Å²) >= 11 is 5.77. The molecule has 3 aromatic rings. The maximum Gasteiger partial charge on any atom is 0.141 e. The van der Waals surface area contributed by atoms with Crippen LogP contribution in [0.25, 0.3) is 11.0 Å². The number of imidazole rings is 1. The summed E-state index contributed by atoms with van der Waals surface area (Å²) in [6.45, 7) is 1.25. The highest BCUT2D eigenvalue weighted by Crippen LogP contribution is 2.16. The molecular formula is C16H15ClFN3. The lowest BCUT2D eigenvalue weighted by Crippen LogP contribution is -2.15. The second-order valence-corrected chi connectivity index (χ2v) is 5.33. The number of para-hydroxylation sites is 2. The Hall–Kier alpha value is -1.91. The summed E-state index contributed by atoms with van der Waals surface area (Å²) in [5.74, 6) is 0.570. The first-order valence-corrected chi connectivity index (χ1v) is 7.08. The zero-order chi connectivity index (χ0) is 14.8. The van der Waals surface area contributed by atoms with Gasteiger partial charge in [0.15, 0.2) is 0 Å². The topological polar surface area (TPSA) is 29.9 Å². The molecule has 1 heterocycles. The van der Waals surface area contributed by atoms with Crippen molar-refractivity contribution < 1.29 is 4.39 Å². The first kappa shape index (κ1) is 14.0. The highest BCUT2D eigenvalue weighted by atomic mass is 35.5. The minimum Gasteiger partial charge on any atom is -0.330 e. The lowest BCUT2D eigenvalue weighted by Gasteiger charge is -2.06. The summed E-state index contributed by atoms with van der Waals surface area (Å²) in [5.41, 5.74) is 3.04. The molecule has 0 fully saturated rings. The number of benzene rings is 2. The summed E-state index contributed by atoms with van der Waals surface area (Å²) in [4.78, 5) is 4.59. The third-order valence-electron chi connectivity index (χ3n) is 3.48. The lowest BCUT2D eigenvalue weighted by atomic mass is 10.2. The van der Waals surface area contributed by atoms with Crippen LogP contribution in [0.15, 0.2) is 42.5 Å². The molecule has 0 saturated carbocycles. The normalized spacial score (nSPS) is 11.2. The van der Waals surface area contributed by atoms with Gasteiger partial charge >= 0.3 is 0 Å². The van der Waals surface area contributed by atoms with Gasteiger partial charge in [0.1, 0.15) is 11.6 Å². The minimum atomic E-state index is -0.393. The van der Waals surface area contributed by atoms with Crippen molar-refractivity contribution in [3.63, 3.8) is 0 Å². The van der Waals surface area contributed by atoms with Crippen molar-refractivity contribution in [2.24, 2.45) is 7.05 Å². The van der Waals surface area contributed by atoms with E-state index in [1.165, 1.54) is 6.07 Å². The van der Waals surface area contributed by atoms with E-state index < -0.39 is 5.82 Å². The van der Waals surface area contributed by atoms with Crippen molar-refractivity contribution in [1.82, 2.24) is 14.9 Å². The average Bonchev–Trinajstić information content (AvgIpc) is 2.80. The Labute approximate surface area is 127 Å². The molecule has 5 heteroatoms. The number of nitrogens with one attached hydrogen (secondary N) is 1. The Morgan fingerprint density at radius 1 is 1.19 bits per heavy atom. The lowest BCUT2D eigenvalue weighted by molar-refractivity contribution is 0.621. The van der Waals surface area contributed by atoms with Gasteiger partial charge in [0.25, 0.3) is 0 Å². The van der Waals surface area contributed by atoms with Crippen LogP contribution in [-0.4, -0.2) is 9.55 Å². The summed E-state index contributed by atoms with van der Waals surface area (Å²) in [6, 6.07) is 12.8. The van der Waals surface area contributed by atoms with Gasteiger partial charge in [0, 0.05) is 13.6 Å². The number of nitrogens with zero attached hydrogens (tertiary/aromatic N) is 2. The van der Waals surface area contributed by atoms with Crippen LogP contribution in [0.3, 0.4) is 0 Å². The molecule has 1 aromatic heterocycles. The van der Waals surface area contributed by atoms with Crippen molar-refractivity contribution in [2.45, 2.75) is 13.1 Å². The average molecular weight is 304 g/mol. The minimum absolute atomic E-state index is 0.150. The second kappa shape index (κ2) is 5.84. The van der Waals surface area contributed by atoms with Gasteiger partial charge in [-0.15, -0.1) is 0 Å². The smallest absolute Gasteiger partial charge is 0.141 e. The van der Waals surface area contributed by atoms with E-state index in [2.05, 4.69) is 14.9 Å². The van der Waals surface area contributed by atoms with Crippen LogP contribution >= 0.6 is 11.6 Å². The summed E-state index contributed by atoms with van der Waals surface area (Å²) in [6.07, 6.45) is 0. The van der Waals surface area contributed by atoms with Crippen LogP contribution in [0.2, 0.25) is 5.02 Å². The number of fused-ring (bicyclic) bond motifs is 1. The molecule has 21 heavy (non-hydrogen) atoms. The predicted octanol–water partition coefficient (Wildman–Crippen LogP) is 3.66. The highest BCUT2D eigenvalue weighted by Gasteiger charge is 2.06. The molecule has 0 aliphatic carbocycles. The highest BCUT2D eigenvalue weighted by molar-refractivity contribution is 6.30. The molecule has 0 amide bonds. The number of hydrogen-bond acceptors (Lipinski definition) is 2. The fraction of sp³-hybridized carbons (Fsp3) is 0.188. The number of hydrogen-bond donors (Lipinski definition) is 1. The maximum absolute atomic E-state index is 13.1. The first-order chi connectivity index (χ1) is 10.1.